The fourth-order valence-electron chi connectivity index (χ4n) is 1.85. The number of aryl methyl sites for hydroxylation is 1. The molecule has 0 bridgehead atoms. The van der Waals surface area contributed by atoms with E-state index in [1.54, 1.807) is 0 Å². The first-order chi connectivity index (χ1) is 8.13. The van der Waals surface area contributed by atoms with Gasteiger partial charge in [0.1, 0.15) is 0 Å². The molecule has 0 saturated heterocycles. The first-order valence-electron chi connectivity index (χ1n) is 6.60. The molecule has 0 fully saturated rings. The fourth-order valence-corrected chi connectivity index (χ4v) is 1.85. The van der Waals surface area contributed by atoms with Gasteiger partial charge >= 0.3 is 0 Å². The molecule has 0 radical (unpaired) electrons. The highest BCUT2D eigenvalue weighted by Gasteiger charge is 2.08. The lowest BCUT2D eigenvalue weighted by atomic mass is 10.1. The van der Waals surface area contributed by atoms with E-state index in [9.17, 15) is 0 Å². The van der Waals surface area contributed by atoms with Gasteiger partial charge in [-0.2, -0.15) is 0 Å². The zero-order chi connectivity index (χ0) is 12.7. The molecule has 0 aliphatic rings. The summed E-state index contributed by atoms with van der Waals surface area (Å²) in [7, 11) is 2.20. The first kappa shape index (κ1) is 14.2. The van der Waals surface area contributed by atoms with E-state index in [2.05, 4.69) is 62.3 Å². The van der Waals surface area contributed by atoms with Crippen molar-refractivity contribution in [3.63, 3.8) is 0 Å². The molecule has 0 saturated carbocycles. The Bertz CT molecular complexity index is 305. The molecule has 1 atom stereocenters. The third kappa shape index (κ3) is 5.33. The maximum Gasteiger partial charge on any atom is 0.0233 e. The molecule has 0 aliphatic heterocycles. The Balaban J connectivity index is 2.37. The minimum absolute atomic E-state index is 0.621. The van der Waals surface area contributed by atoms with Gasteiger partial charge in [0.15, 0.2) is 0 Å². The highest BCUT2D eigenvalue weighted by atomic mass is 15.1. The normalized spacial score (nSPS) is 13.0. The number of nitrogens with zero attached hydrogens (tertiary/aromatic N) is 1. The van der Waals surface area contributed by atoms with Crippen molar-refractivity contribution in [2.75, 3.05) is 20.1 Å². The largest absolute Gasteiger partial charge is 0.317 e. The number of nitrogens with one attached hydrogen (secondary N) is 1. The van der Waals surface area contributed by atoms with Crippen molar-refractivity contribution < 1.29 is 0 Å². The fraction of sp³-hybridized carbons (Fsp3) is 0.600. The maximum absolute atomic E-state index is 3.38. The van der Waals surface area contributed by atoms with Crippen LogP contribution in [-0.4, -0.2) is 31.1 Å². The van der Waals surface area contributed by atoms with E-state index in [1.165, 1.54) is 17.5 Å². The lowest BCUT2D eigenvalue weighted by Gasteiger charge is -2.25. The summed E-state index contributed by atoms with van der Waals surface area (Å²) in [5.41, 5.74) is 2.73. The average Bonchev–Trinajstić information content (AvgIpc) is 2.32. The minimum Gasteiger partial charge on any atom is -0.317 e. The van der Waals surface area contributed by atoms with Crippen LogP contribution in [0.3, 0.4) is 0 Å². The standard InChI is InChI=1S/C15H26N2/c1-5-16-11-10-14(3)17(4)12-15-8-6-13(2)7-9-15/h6-9,14,16H,5,10-12H2,1-4H3. The molecule has 0 aliphatic carbocycles. The molecule has 0 spiro atoms. The molecule has 0 heterocycles. The van der Waals surface area contributed by atoms with Crippen LogP contribution in [0.5, 0.6) is 0 Å². The second-order valence-electron chi connectivity index (χ2n) is 4.89. The highest BCUT2D eigenvalue weighted by molar-refractivity contribution is 5.21. The third-order valence-corrected chi connectivity index (χ3v) is 3.29. The Labute approximate surface area is 106 Å². The van der Waals surface area contributed by atoms with Gasteiger partial charge in [-0.3, -0.25) is 4.90 Å². The molecule has 96 valence electrons. The van der Waals surface area contributed by atoms with Gasteiger partial charge in [0.25, 0.3) is 0 Å². The quantitative estimate of drug-likeness (QED) is 0.730. The van der Waals surface area contributed by atoms with E-state index in [0.29, 0.717) is 6.04 Å². The lowest BCUT2D eigenvalue weighted by Crippen LogP contribution is -2.31. The van der Waals surface area contributed by atoms with E-state index in [-0.39, 0.29) is 0 Å². The van der Waals surface area contributed by atoms with Crippen LogP contribution >= 0.6 is 0 Å². The zero-order valence-corrected chi connectivity index (χ0v) is 11.7. The Morgan fingerprint density at radius 2 is 1.88 bits per heavy atom. The highest BCUT2D eigenvalue weighted by Crippen LogP contribution is 2.09. The van der Waals surface area contributed by atoms with Gasteiger partial charge in [0.05, 0.1) is 0 Å². The van der Waals surface area contributed by atoms with Gasteiger partial charge in [-0.1, -0.05) is 36.8 Å². The summed E-state index contributed by atoms with van der Waals surface area (Å²) in [5.74, 6) is 0. The van der Waals surface area contributed by atoms with E-state index in [4.69, 9.17) is 0 Å². The second kappa shape index (κ2) is 7.46. The number of hydrogen-bond donors (Lipinski definition) is 1. The Hall–Kier alpha value is -0.860. The van der Waals surface area contributed by atoms with Crippen LogP contribution in [0.4, 0.5) is 0 Å². The Morgan fingerprint density at radius 3 is 2.47 bits per heavy atom. The summed E-state index contributed by atoms with van der Waals surface area (Å²) in [4.78, 5) is 2.42. The Morgan fingerprint density at radius 1 is 1.24 bits per heavy atom. The number of hydrogen-bond acceptors (Lipinski definition) is 2. The van der Waals surface area contributed by atoms with E-state index >= 15 is 0 Å². The van der Waals surface area contributed by atoms with Crippen molar-refractivity contribution in [2.45, 2.75) is 39.8 Å². The molecule has 1 aromatic carbocycles. The van der Waals surface area contributed by atoms with Crippen molar-refractivity contribution in [1.82, 2.24) is 10.2 Å². The molecule has 2 nitrogen and oxygen atoms in total. The molecule has 0 aromatic heterocycles. The maximum atomic E-state index is 3.38. The molecule has 1 N–H and O–H groups in total. The van der Waals surface area contributed by atoms with Crippen LogP contribution < -0.4 is 5.32 Å². The smallest absolute Gasteiger partial charge is 0.0233 e. The lowest BCUT2D eigenvalue weighted by molar-refractivity contribution is 0.237. The molecular weight excluding hydrogens is 208 g/mol. The predicted molar refractivity (Wildman–Crippen MR) is 75.3 cm³/mol. The molecule has 1 rings (SSSR count). The molecule has 2 heteroatoms. The Kier molecular flexibility index (Phi) is 6.23. The monoisotopic (exact) mass is 234 g/mol. The summed E-state index contributed by atoms with van der Waals surface area (Å²) in [6, 6.07) is 9.44. The second-order valence-corrected chi connectivity index (χ2v) is 4.89. The molecule has 1 unspecified atom stereocenters. The van der Waals surface area contributed by atoms with Gasteiger partial charge in [-0.25, -0.2) is 0 Å². The topological polar surface area (TPSA) is 15.3 Å². The SMILES string of the molecule is CCNCCC(C)N(C)Cc1ccc(C)cc1. The van der Waals surface area contributed by atoms with Gasteiger partial charge in [0, 0.05) is 12.6 Å². The van der Waals surface area contributed by atoms with Gasteiger partial charge in [-0.05, 0) is 46.0 Å². The van der Waals surface area contributed by atoms with Crippen molar-refractivity contribution in [3.05, 3.63) is 35.4 Å². The summed E-state index contributed by atoms with van der Waals surface area (Å²) >= 11 is 0. The summed E-state index contributed by atoms with van der Waals surface area (Å²) in [6.45, 7) is 9.79. The zero-order valence-electron chi connectivity index (χ0n) is 11.7. The summed E-state index contributed by atoms with van der Waals surface area (Å²) in [6.07, 6.45) is 1.20. The van der Waals surface area contributed by atoms with Crippen LogP contribution in [0.25, 0.3) is 0 Å². The molecular formula is C15H26N2. The van der Waals surface area contributed by atoms with Crippen LogP contribution in [0.2, 0.25) is 0 Å². The van der Waals surface area contributed by atoms with Gasteiger partial charge in [0.2, 0.25) is 0 Å². The van der Waals surface area contributed by atoms with E-state index in [1.807, 2.05) is 0 Å². The van der Waals surface area contributed by atoms with Crippen molar-refractivity contribution in [2.24, 2.45) is 0 Å². The van der Waals surface area contributed by atoms with Crippen LogP contribution in [0, 0.1) is 6.92 Å². The summed E-state index contributed by atoms with van der Waals surface area (Å²) in [5, 5.41) is 3.38. The van der Waals surface area contributed by atoms with Crippen molar-refractivity contribution >= 4 is 0 Å². The third-order valence-electron chi connectivity index (χ3n) is 3.29. The first-order valence-corrected chi connectivity index (χ1v) is 6.60. The predicted octanol–water partition coefficient (Wildman–Crippen LogP) is 2.81. The van der Waals surface area contributed by atoms with Crippen molar-refractivity contribution in [3.8, 4) is 0 Å². The molecule has 0 amide bonds. The van der Waals surface area contributed by atoms with Gasteiger partial charge in [-0.15, -0.1) is 0 Å². The van der Waals surface area contributed by atoms with E-state index < -0.39 is 0 Å². The molecule has 1 aromatic rings. The van der Waals surface area contributed by atoms with Crippen LogP contribution in [-0.2, 0) is 6.54 Å². The summed E-state index contributed by atoms with van der Waals surface area (Å²) < 4.78 is 0. The molecule has 17 heavy (non-hydrogen) atoms. The number of rotatable bonds is 7. The van der Waals surface area contributed by atoms with E-state index in [0.717, 1.165) is 19.6 Å². The van der Waals surface area contributed by atoms with Crippen molar-refractivity contribution in [1.29, 1.82) is 0 Å². The average molecular weight is 234 g/mol. The van der Waals surface area contributed by atoms with Gasteiger partial charge < -0.3 is 5.32 Å². The minimum atomic E-state index is 0.621. The van der Waals surface area contributed by atoms with Crippen LogP contribution in [0.1, 0.15) is 31.4 Å². The number of benzene rings is 1. The van der Waals surface area contributed by atoms with Crippen LogP contribution in [0.15, 0.2) is 24.3 Å².